The first kappa shape index (κ1) is 16.5. The summed E-state index contributed by atoms with van der Waals surface area (Å²) in [7, 11) is 0. The molecule has 0 bridgehead atoms. The third-order valence-electron chi connectivity index (χ3n) is 4.02. The second kappa shape index (κ2) is 7.10. The van der Waals surface area contributed by atoms with Crippen LogP contribution in [0.5, 0.6) is 0 Å². The smallest absolute Gasteiger partial charge is 0.229 e. The van der Waals surface area contributed by atoms with Crippen molar-refractivity contribution >= 4 is 34.0 Å². The van der Waals surface area contributed by atoms with Gasteiger partial charge in [-0.05, 0) is 43.3 Å². The summed E-state index contributed by atoms with van der Waals surface area (Å²) < 4.78 is 0. The van der Waals surface area contributed by atoms with E-state index >= 15 is 0 Å². The number of hydrogen-bond donors (Lipinski definition) is 2. The maximum Gasteiger partial charge on any atom is 0.229 e. The lowest BCUT2D eigenvalue weighted by Crippen LogP contribution is -2.03. The molecule has 0 aliphatic heterocycles. The van der Waals surface area contributed by atoms with E-state index in [1.54, 1.807) is 18.3 Å². The summed E-state index contributed by atoms with van der Waals surface area (Å²) in [4.78, 5) is 13.4. The standard InChI is InChI=1S/C21H16N6/c1-14-12-19(26-18-6-2-4-16-5-3-11-23-20(16)18)27-21(24-14)25-17-9-7-15(13-22)8-10-17/h2-12H,1H3,(H2,24,25,26,27). The minimum Gasteiger partial charge on any atom is -0.338 e. The van der Waals surface area contributed by atoms with Crippen LogP contribution in [0.25, 0.3) is 10.9 Å². The summed E-state index contributed by atoms with van der Waals surface area (Å²) in [5.74, 6) is 1.16. The second-order valence-electron chi connectivity index (χ2n) is 6.04. The monoisotopic (exact) mass is 352 g/mol. The van der Waals surface area contributed by atoms with Gasteiger partial charge < -0.3 is 10.6 Å². The van der Waals surface area contributed by atoms with E-state index in [0.717, 1.165) is 28.0 Å². The van der Waals surface area contributed by atoms with Crippen molar-refractivity contribution < 1.29 is 0 Å². The molecule has 0 amide bonds. The Kier molecular flexibility index (Phi) is 4.33. The SMILES string of the molecule is Cc1cc(Nc2cccc3cccnc23)nc(Nc2ccc(C#N)cc2)n1. The lowest BCUT2D eigenvalue weighted by Gasteiger charge is -2.11. The highest BCUT2D eigenvalue weighted by molar-refractivity contribution is 5.91. The number of fused-ring (bicyclic) bond motifs is 1. The molecule has 0 saturated carbocycles. The molecule has 0 radical (unpaired) electrons. The van der Waals surface area contributed by atoms with E-state index in [-0.39, 0.29) is 0 Å². The van der Waals surface area contributed by atoms with Crippen LogP contribution in [0, 0.1) is 18.3 Å². The van der Waals surface area contributed by atoms with Gasteiger partial charge in [0.2, 0.25) is 5.95 Å². The van der Waals surface area contributed by atoms with E-state index in [4.69, 9.17) is 5.26 Å². The second-order valence-corrected chi connectivity index (χ2v) is 6.04. The van der Waals surface area contributed by atoms with Crippen LogP contribution in [0.4, 0.5) is 23.1 Å². The predicted octanol–water partition coefficient (Wildman–Crippen LogP) is 4.69. The first-order valence-corrected chi connectivity index (χ1v) is 8.45. The quantitative estimate of drug-likeness (QED) is 0.554. The highest BCUT2D eigenvalue weighted by Crippen LogP contribution is 2.25. The summed E-state index contributed by atoms with van der Waals surface area (Å²) in [6, 6.07) is 21.1. The molecule has 27 heavy (non-hydrogen) atoms. The van der Waals surface area contributed by atoms with Gasteiger partial charge in [-0.15, -0.1) is 0 Å². The summed E-state index contributed by atoms with van der Waals surface area (Å²) in [6.07, 6.45) is 1.77. The third-order valence-corrected chi connectivity index (χ3v) is 4.02. The van der Waals surface area contributed by atoms with Crippen LogP contribution < -0.4 is 10.6 Å². The minimum atomic E-state index is 0.482. The van der Waals surface area contributed by atoms with E-state index in [1.807, 2.05) is 55.5 Å². The number of aromatic nitrogens is 3. The molecule has 0 atom stereocenters. The van der Waals surface area contributed by atoms with Gasteiger partial charge in [0, 0.05) is 29.0 Å². The molecule has 2 aromatic carbocycles. The molecule has 0 spiro atoms. The summed E-state index contributed by atoms with van der Waals surface area (Å²) in [5, 5.41) is 16.5. The third kappa shape index (κ3) is 3.67. The van der Waals surface area contributed by atoms with E-state index in [9.17, 15) is 0 Å². The van der Waals surface area contributed by atoms with Gasteiger partial charge in [0.15, 0.2) is 0 Å². The number of rotatable bonds is 4. The van der Waals surface area contributed by atoms with Crippen molar-refractivity contribution in [2.75, 3.05) is 10.6 Å². The fourth-order valence-corrected chi connectivity index (χ4v) is 2.79. The molecule has 4 rings (SSSR count). The normalized spacial score (nSPS) is 10.4. The number of para-hydroxylation sites is 1. The molecule has 0 aliphatic carbocycles. The van der Waals surface area contributed by atoms with Crippen LogP contribution in [0.15, 0.2) is 66.9 Å². The van der Waals surface area contributed by atoms with Crippen molar-refractivity contribution in [3.05, 3.63) is 78.1 Å². The van der Waals surface area contributed by atoms with Crippen LogP contribution in [-0.4, -0.2) is 15.0 Å². The first-order valence-electron chi connectivity index (χ1n) is 8.45. The highest BCUT2D eigenvalue weighted by Gasteiger charge is 2.06. The number of nitriles is 1. The van der Waals surface area contributed by atoms with Gasteiger partial charge in [-0.3, -0.25) is 4.98 Å². The molecular weight excluding hydrogens is 336 g/mol. The van der Waals surface area contributed by atoms with Crippen molar-refractivity contribution in [1.29, 1.82) is 5.26 Å². The lowest BCUT2D eigenvalue weighted by molar-refractivity contribution is 1.11. The molecule has 0 fully saturated rings. The molecule has 0 aliphatic rings. The number of anilines is 4. The summed E-state index contributed by atoms with van der Waals surface area (Å²) in [5.41, 5.74) is 4.03. The summed E-state index contributed by atoms with van der Waals surface area (Å²) >= 11 is 0. The number of benzene rings is 2. The summed E-state index contributed by atoms with van der Waals surface area (Å²) in [6.45, 7) is 1.91. The first-order chi connectivity index (χ1) is 13.2. The van der Waals surface area contributed by atoms with Crippen LogP contribution in [0.3, 0.4) is 0 Å². The van der Waals surface area contributed by atoms with E-state index < -0.39 is 0 Å². The largest absolute Gasteiger partial charge is 0.338 e. The Morgan fingerprint density at radius 2 is 1.74 bits per heavy atom. The maximum atomic E-state index is 8.90. The van der Waals surface area contributed by atoms with Gasteiger partial charge in [0.05, 0.1) is 22.8 Å². The molecule has 6 nitrogen and oxygen atoms in total. The molecule has 6 heteroatoms. The topological polar surface area (TPSA) is 86.5 Å². The maximum absolute atomic E-state index is 8.90. The fraction of sp³-hybridized carbons (Fsp3) is 0.0476. The molecule has 0 unspecified atom stereocenters. The van der Waals surface area contributed by atoms with Gasteiger partial charge in [-0.25, -0.2) is 4.98 Å². The Balaban J connectivity index is 1.63. The van der Waals surface area contributed by atoms with Gasteiger partial charge >= 0.3 is 0 Å². The molecular formula is C21H16N6. The molecule has 2 N–H and O–H groups in total. The number of pyridine rings is 1. The zero-order valence-corrected chi connectivity index (χ0v) is 14.6. The Morgan fingerprint density at radius 1 is 0.926 bits per heavy atom. The minimum absolute atomic E-state index is 0.482. The average Bonchev–Trinajstić information content (AvgIpc) is 2.68. The highest BCUT2D eigenvalue weighted by atomic mass is 15.1. The van der Waals surface area contributed by atoms with Gasteiger partial charge in [0.1, 0.15) is 5.82 Å². The number of nitrogens with one attached hydrogen (secondary N) is 2. The predicted molar refractivity (Wildman–Crippen MR) is 106 cm³/mol. The van der Waals surface area contributed by atoms with Crippen molar-refractivity contribution in [3.63, 3.8) is 0 Å². The fourth-order valence-electron chi connectivity index (χ4n) is 2.79. The number of hydrogen-bond acceptors (Lipinski definition) is 6. The van der Waals surface area contributed by atoms with Crippen molar-refractivity contribution in [3.8, 4) is 6.07 Å². The van der Waals surface area contributed by atoms with Crippen LogP contribution in [0.1, 0.15) is 11.3 Å². The van der Waals surface area contributed by atoms with E-state index in [2.05, 4.69) is 31.7 Å². The van der Waals surface area contributed by atoms with E-state index in [0.29, 0.717) is 17.3 Å². The van der Waals surface area contributed by atoms with Gasteiger partial charge in [-0.2, -0.15) is 10.2 Å². The number of aryl methyl sites for hydroxylation is 1. The molecule has 0 saturated heterocycles. The zero-order chi connectivity index (χ0) is 18.6. The Bertz CT molecular complexity index is 1140. The average molecular weight is 352 g/mol. The lowest BCUT2D eigenvalue weighted by atomic mass is 10.2. The van der Waals surface area contributed by atoms with Crippen molar-refractivity contribution in [2.24, 2.45) is 0 Å². The molecule has 4 aromatic rings. The Morgan fingerprint density at radius 3 is 2.56 bits per heavy atom. The van der Waals surface area contributed by atoms with Crippen LogP contribution in [0.2, 0.25) is 0 Å². The molecule has 2 aromatic heterocycles. The zero-order valence-electron chi connectivity index (χ0n) is 14.6. The van der Waals surface area contributed by atoms with Gasteiger partial charge in [0.25, 0.3) is 0 Å². The van der Waals surface area contributed by atoms with Gasteiger partial charge in [-0.1, -0.05) is 18.2 Å². The van der Waals surface area contributed by atoms with Crippen LogP contribution >= 0.6 is 0 Å². The van der Waals surface area contributed by atoms with Crippen molar-refractivity contribution in [2.45, 2.75) is 6.92 Å². The number of nitrogens with zero attached hydrogens (tertiary/aromatic N) is 4. The molecule has 130 valence electrons. The Hall–Kier alpha value is -3.98. The Labute approximate surface area is 156 Å². The molecule has 2 heterocycles. The van der Waals surface area contributed by atoms with E-state index in [1.165, 1.54) is 0 Å². The van der Waals surface area contributed by atoms with Crippen LogP contribution in [-0.2, 0) is 0 Å². The van der Waals surface area contributed by atoms with Crippen molar-refractivity contribution in [1.82, 2.24) is 15.0 Å².